The van der Waals surface area contributed by atoms with Gasteiger partial charge in [0.15, 0.2) is 0 Å². The fraction of sp³-hybridized carbons (Fsp3) is 0.381. The van der Waals surface area contributed by atoms with Crippen molar-refractivity contribution >= 4 is 5.91 Å². The van der Waals surface area contributed by atoms with Crippen molar-refractivity contribution in [2.45, 2.75) is 32.2 Å². The summed E-state index contributed by atoms with van der Waals surface area (Å²) >= 11 is 0. The number of rotatable bonds is 7. The fourth-order valence-electron chi connectivity index (χ4n) is 3.39. The molecule has 0 aromatic heterocycles. The lowest BCUT2D eigenvalue weighted by Gasteiger charge is -2.42. The van der Waals surface area contributed by atoms with E-state index in [0.29, 0.717) is 0 Å². The van der Waals surface area contributed by atoms with Crippen molar-refractivity contribution in [3.05, 3.63) is 71.8 Å². The van der Waals surface area contributed by atoms with E-state index in [2.05, 4.69) is 41.8 Å². The zero-order valence-electron chi connectivity index (χ0n) is 14.3. The lowest BCUT2D eigenvalue weighted by molar-refractivity contribution is -0.134. The first-order valence-electron chi connectivity index (χ1n) is 8.84. The molecule has 3 nitrogen and oxygen atoms in total. The van der Waals surface area contributed by atoms with Gasteiger partial charge in [-0.25, -0.2) is 0 Å². The number of nitrogens with one attached hydrogen (secondary N) is 2. The van der Waals surface area contributed by atoms with E-state index in [0.717, 1.165) is 32.4 Å². The Morgan fingerprint density at radius 3 is 2.25 bits per heavy atom. The van der Waals surface area contributed by atoms with Crippen molar-refractivity contribution in [3.63, 3.8) is 0 Å². The third-order valence-corrected chi connectivity index (χ3v) is 4.88. The molecule has 1 atom stereocenters. The molecule has 3 heteroatoms. The lowest BCUT2D eigenvalue weighted by atomic mass is 9.75. The van der Waals surface area contributed by atoms with Crippen molar-refractivity contribution in [2.24, 2.45) is 5.41 Å². The molecule has 1 unspecified atom stereocenters. The van der Waals surface area contributed by atoms with Gasteiger partial charge in [0.1, 0.15) is 0 Å². The van der Waals surface area contributed by atoms with Gasteiger partial charge in [-0.1, -0.05) is 74.0 Å². The molecule has 0 radical (unpaired) electrons. The van der Waals surface area contributed by atoms with Crippen LogP contribution in [0.15, 0.2) is 60.7 Å². The Kier molecular flexibility index (Phi) is 5.31. The van der Waals surface area contributed by atoms with Crippen molar-refractivity contribution in [3.8, 4) is 0 Å². The minimum absolute atomic E-state index is 0.0944. The lowest BCUT2D eigenvalue weighted by Crippen LogP contribution is -2.62. The smallest absolute Gasteiger partial charge is 0.229 e. The fourth-order valence-corrected chi connectivity index (χ4v) is 3.39. The highest BCUT2D eigenvalue weighted by Gasteiger charge is 2.44. The van der Waals surface area contributed by atoms with Crippen LogP contribution >= 0.6 is 0 Å². The highest BCUT2D eigenvalue weighted by Crippen LogP contribution is 2.30. The van der Waals surface area contributed by atoms with E-state index in [-0.39, 0.29) is 17.4 Å². The number of hydrogen-bond acceptors (Lipinski definition) is 2. The molecule has 1 aliphatic heterocycles. The maximum Gasteiger partial charge on any atom is 0.229 e. The number of carbonyl (C=O) groups is 1. The Hall–Kier alpha value is -2.13. The predicted molar refractivity (Wildman–Crippen MR) is 97.7 cm³/mol. The van der Waals surface area contributed by atoms with Gasteiger partial charge in [-0.2, -0.15) is 0 Å². The molecule has 1 amide bonds. The summed E-state index contributed by atoms with van der Waals surface area (Å²) in [6.07, 6.45) is 2.80. The third-order valence-electron chi connectivity index (χ3n) is 4.88. The van der Waals surface area contributed by atoms with Gasteiger partial charge in [-0.3, -0.25) is 4.79 Å². The van der Waals surface area contributed by atoms with Crippen LogP contribution in [0.5, 0.6) is 0 Å². The van der Waals surface area contributed by atoms with Crippen LogP contribution in [-0.4, -0.2) is 19.0 Å². The Morgan fingerprint density at radius 2 is 1.71 bits per heavy atom. The first-order chi connectivity index (χ1) is 11.7. The van der Waals surface area contributed by atoms with Crippen LogP contribution < -0.4 is 10.6 Å². The molecule has 0 aliphatic carbocycles. The van der Waals surface area contributed by atoms with E-state index in [1.54, 1.807) is 0 Å². The summed E-state index contributed by atoms with van der Waals surface area (Å²) in [5.74, 6) is 0.174. The summed E-state index contributed by atoms with van der Waals surface area (Å²) in [5.41, 5.74) is 2.10. The molecule has 1 saturated heterocycles. The van der Waals surface area contributed by atoms with Crippen molar-refractivity contribution in [2.75, 3.05) is 13.1 Å². The molecule has 1 aliphatic rings. The van der Waals surface area contributed by atoms with Gasteiger partial charge in [-0.15, -0.1) is 0 Å². The standard InChI is InChI=1S/C21H26N2O/c1-2-9-19(18-12-7-4-8-13-18)23-20(24)21(15-22-16-21)14-17-10-5-3-6-11-17/h3-8,10-13,19,22H,2,9,14-16H2,1H3,(H,23,24). The van der Waals surface area contributed by atoms with Gasteiger partial charge in [0.2, 0.25) is 5.91 Å². The zero-order valence-corrected chi connectivity index (χ0v) is 14.3. The number of amides is 1. The van der Waals surface area contributed by atoms with Gasteiger partial charge < -0.3 is 10.6 Å². The highest BCUT2D eigenvalue weighted by molar-refractivity contribution is 5.85. The van der Waals surface area contributed by atoms with Gasteiger partial charge in [0.25, 0.3) is 0 Å². The van der Waals surface area contributed by atoms with Gasteiger partial charge >= 0.3 is 0 Å². The van der Waals surface area contributed by atoms with E-state index >= 15 is 0 Å². The van der Waals surface area contributed by atoms with Crippen LogP contribution in [-0.2, 0) is 11.2 Å². The molecule has 0 saturated carbocycles. The van der Waals surface area contributed by atoms with E-state index in [1.807, 2.05) is 36.4 Å². The average Bonchev–Trinajstić information content (AvgIpc) is 2.59. The minimum Gasteiger partial charge on any atom is -0.349 e. The summed E-state index contributed by atoms with van der Waals surface area (Å²) in [5, 5.41) is 6.61. The van der Waals surface area contributed by atoms with Crippen molar-refractivity contribution in [1.82, 2.24) is 10.6 Å². The Balaban J connectivity index is 1.73. The normalized spacial score (nSPS) is 16.9. The molecule has 2 aromatic rings. The first-order valence-corrected chi connectivity index (χ1v) is 8.84. The monoisotopic (exact) mass is 322 g/mol. The average molecular weight is 322 g/mol. The second-order valence-electron chi connectivity index (χ2n) is 6.77. The summed E-state index contributed by atoms with van der Waals surface area (Å²) in [4.78, 5) is 13.1. The topological polar surface area (TPSA) is 41.1 Å². The van der Waals surface area contributed by atoms with E-state index in [1.165, 1.54) is 11.1 Å². The van der Waals surface area contributed by atoms with Crippen molar-refractivity contribution in [1.29, 1.82) is 0 Å². The molecule has 2 aromatic carbocycles. The van der Waals surface area contributed by atoms with E-state index in [4.69, 9.17) is 0 Å². The number of carbonyl (C=O) groups excluding carboxylic acids is 1. The summed E-state index contributed by atoms with van der Waals surface area (Å²) in [7, 11) is 0. The molecule has 0 bridgehead atoms. The maximum absolute atomic E-state index is 13.1. The van der Waals surface area contributed by atoms with Crippen LogP contribution in [0.1, 0.15) is 36.9 Å². The first kappa shape index (κ1) is 16.7. The second-order valence-corrected chi connectivity index (χ2v) is 6.77. The van der Waals surface area contributed by atoms with Crippen LogP contribution in [0.2, 0.25) is 0 Å². The minimum atomic E-state index is -0.317. The van der Waals surface area contributed by atoms with E-state index < -0.39 is 0 Å². The second kappa shape index (κ2) is 7.63. The Bertz CT molecular complexity index is 650. The molecule has 2 N–H and O–H groups in total. The summed E-state index contributed by atoms with van der Waals surface area (Å²) in [6.45, 7) is 3.66. The molecular formula is C21H26N2O. The number of benzene rings is 2. The molecule has 1 heterocycles. The summed E-state index contributed by atoms with van der Waals surface area (Å²) in [6, 6.07) is 20.7. The molecule has 24 heavy (non-hydrogen) atoms. The molecular weight excluding hydrogens is 296 g/mol. The van der Waals surface area contributed by atoms with Gasteiger partial charge in [0.05, 0.1) is 11.5 Å². The van der Waals surface area contributed by atoms with Gasteiger partial charge in [-0.05, 0) is 24.0 Å². The molecule has 0 spiro atoms. The van der Waals surface area contributed by atoms with Crippen LogP contribution in [0.25, 0.3) is 0 Å². The van der Waals surface area contributed by atoms with Gasteiger partial charge in [0, 0.05) is 13.1 Å². The Morgan fingerprint density at radius 1 is 1.08 bits per heavy atom. The zero-order chi connectivity index (χ0) is 16.8. The highest BCUT2D eigenvalue weighted by atomic mass is 16.2. The molecule has 126 valence electrons. The maximum atomic E-state index is 13.1. The van der Waals surface area contributed by atoms with Crippen LogP contribution in [0, 0.1) is 5.41 Å². The quantitative estimate of drug-likeness (QED) is 0.819. The number of hydrogen-bond donors (Lipinski definition) is 2. The van der Waals surface area contributed by atoms with E-state index in [9.17, 15) is 4.79 Å². The summed E-state index contributed by atoms with van der Waals surface area (Å²) < 4.78 is 0. The van der Waals surface area contributed by atoms with Crippen LogP contribution in [0.3, 0.4) is 0 Å². The largest absolute Gasteiger partial charge is 0.349 e. The predicted octanol–water partition coefficient (Wildman–Crippen LogP) is 3.48. The third kappa shape index (κ3) is 3.68. The van der Waals surface area contributed by atoms with Crippen molar-refractivity contribution < 1.29 is 4.79 Å². The SMILES string of the molecule is CCCC(NC(=O)C1(Cc2ccccc2)CNC1)c1ccccc1. The van der Waals surface area contributed by atoms with Crippen LogP contribution in [0.4, 0.5) is 0 Å². The Labute approximate surface area is 144 Å². The molecule has 3 rings (SSSR count). The molecule has 1 fully saturated rings.